The fraction of sp³-hybridized carbons (Fsp3) is 0.308. The molecule has 0 aliphatic carbocycles. The highest BCUT2D eigenvalue weighted by molar-refractivity contribution is 5.80. The Bertz CT molecular complexity index is 696. The summed E-state index contributed by atoms with van der Waals surface area (Å²) in [6.45, 7) is 1.50. The maximum absolute atomic E-state index is 4.47. The zero-order valence-electron chi connectivity index (χ0n) is 11.0. The van der Waals surface area contributed by atoms with Crippen molar-refractivity contribution in [1.82, 2.24) is 29.6 Å². The molecule has 3 heterocycles. The van der Waals surface area contributed by atoms with Crippen molar-refractivity contribution in [2.24, 2.45) is 7.05 Å². The van der Waals surface area contributed by atoms with Crippen molar-refractivity contribution in [3.63, 3.8) is 0 Å². The molecule has 0 bridgehead atoms. The van der Waals surface area contributed by atoms with Gasteiger partial charge in [-0.05, 0) is 24.7 Å². The summed E-state index contributed by atoms with van der Waals surface area (Å²) < 4.78 is 3.90. The highest BCUT2D eigenvalue weighted by Gasteiger charge is 2.10. The minimum Gasteiger partial charge on any atom is -0.325 e. The molecule has 0 saturated heterocycles. The molecular formula is C13H16N6. The predicted molar refractivity (Wildman–Crippen MR) is 72.6 cm³/mol. The van der Waals surface area contributed by atoms with Crippen molar-refractivity contribution in [3.8, 4) is 0 Å². The molecule has 6 heteroatoms. The number of nitrogens with zero attached hydrogens (tertiary/aromatic N) is 5. The largest absolute Gasteiger partial charge is 0.325 e. The molecular weight excluding hydrogens is 240 g/mol. The van der Waals surface area contributed by atoms with E-state index in [0.717, 1.165) is 18.0 Å². The Balaban J connectivity index is 2.06. The van der Waals surface area contributed by atoms with Gasteiger partial charge in [0, 0.05) is 31.4 Å². The number of hydrogen-bond donors (Lipinski definition) is 1. The van der Waals surface area contributed by atoms with Gasteiger partial charge in [-0.25, -0.2) is 9.97 Å². The topological polar surface area (TPSA) is 60.6 Å². The molecule has 3 aromatic heterocycles. The summed E-state index contributed by atoms with van der Waals surface area (Å²) in [5.74, 6) is 0.915. The van der Waals surface area contributed by atoms with Gasteiger partial charge in [0.15, 0.2) is 0 Å². The molecule has 0 aliphatic rings. The van der Waals surface area contributed by atoms with Gasteiger partial charge >= 0.3 is 0 Å². The maximum atomic E-state index is 4.47. The minimum atomic E-state index is 0.674. The van der Waals surface area contributed by atoms with E-state index >= 15 is 0 Å². The molecule has 19 heavy (non-hydrogen) atoms. The van der Waals surface area contributed by atoms with Crippen molar-refractivity contribution >= 4 is 11.0 Å². The van der Waals surface area contributed by atoms with Crippen LogP contribution in [0.4, 0.5) is 0 Å². The van der Waals surface area contributed by atoms with Gasteiger partial charge in [-0.15, -0.1) is 0 Å². The molecule has 0 aromatic carbocycles. The molecule has 0 fully saturated rings. The van der Waals surface area contributed by atoms with Crippen LogP contribution in [0, 0.1) is 0 Å². The number of pyridine rings is 1. The molecule has 0 atom stereocenters. The lowest BCUT2D eigenvalue weighted by atomic mass is 10.2. The van der Waals surface area contributed by atoms with Gasteiger partial charge in [-0.3, -0.25) is 4.68 Å². The summed E-state index contributed by atoms with van der Waals surface area (Å²) in [7, 11) is 3.85. The summed E-state index contributed by atoms with van der Waals surface area (Å²) >= 11 is 0. The Morgan fingerprint density at radius 3 is 2.95 bits per heavy atom. The average molecular weight is 256 g/mol. The number of aryl methyl sites for hydroxylation is 1. The third kappa shape index (κ3) is 2.10. The van der Waals surface area contributed by atoms with Crippen LogP contribution in [0.3, 0.4) is 0 Å². The van der Waals surface area contributed by atoms with Crippen molar-refractivity contribution in [3.05, 3.63) is 42.2 Å². The summed E-state index contributed by atoms with van der Waals surface area (Å²) in [5.41, 5.74) is 2.23. The van der Waals surface area contributed by atoms with Crippen LogP contribution in [0.2, 0.25) is 0 Å². The van der Waals surface area contributed by atoms with Crippen molar-refractivity contribution in [1.29, 1.82) is 0 Å². The lowest BCUT2D eigenvalue weighted by Crippen LogP contribution is -2.07. The highest BCUT2D eigenvalue weighted by atomic mass is 15.3. The van der Waals surface area contributed by atoms with Crippen LogP contribution in [0.15, 0.2) is 30.9 Å². The zero-order chi connectivity index (χ0) is 13.2. The zero-order valence-corrected chi connectivity index (χ0v) is 11.0. The molecule has 1 N–H and O–H groups in total. The summed E-state index contributed by atoms with van der Waals surface area (Å²) in [4.78, 5) is 8.73. The van der Waals surface area contributed by atoms with E-state index in [9.17, 15) is 0 Å². The Hall–Kier alpha value is -2.21. The summed E-state index contributed by atoms with van der Waals surface area (Å²) in [5, 5.41) is 8.46. The van der Waals surface area contributed by atoms with Crippen molar-refractivity contribution in [2.45, 2.75) is 13.1 Å². The predicted octanol–water partition coefficient (Wildman–Crippen LogP) is 0.932. The Morgan fingerprint density at radius 2 is 2.21 bits per heavy atom. The molecule has 0 amide bonds. The molecule has 0 aliphatic heterocycles. The van der Waals surface area contributed by atoms with Crippen LogP contribution in [-0.4, -0.2) is 31.4 Å². The normalized spacial score (nSPS) is 11.3. The first-order valence-corrected chi connectivity index (χ1v) is 6.20. The lowest BCUT2D eigenvalue weighted by molar-refractivity contribution is 0.660. The van der Waals surface area contributed by atoms with E-state index in [1.165, 1.54) is 10.9 Å². The second-order valence-corrected chi connectivity index (χ2v) is 4.49. The Kier molecular flexibility index (Phi) is 3.00. The first-order valence-electron chi connectivity index (χ1n) is 6.20. The van der Waals surface area contributed by atoms with E-state index in [2.05, 4.69) is 37.2 Å². The number of aromatic nitrogens is 5. The van der Waals surface area contributed by atoms with Crippen molar-refractivity contribution in [2.75, 3.05) is 7.05 Å². The van der Waals surface area contributed by atoms with E-state index in [1.807, 2.05) is 26.4 Å². The fourth-order valence-electron chi connectivity index (χ4n) is 2.26. The smallest absolute Gasteiger partial charge is 0.146 e. The number of hydrogen-bond acceptors (Lipinski definition) is 4. The van der Waals surface area contributed by atoms with Crippen LogP contribution in [0.5, 0.6) is 0 Å². The molecule has 98 valence electrons. The van der Waals surface area contributed by atoms with Gasteiger partial charge in [-0.2, -0.15) is 5.10 Å². The number of rotatable bonds is 4. The van der Waals surface area contributed by atoms with E-state index in [1.54, 1.807) is 11.0 Å². The lowest BCUT2D eigenvalue weighted by Gasteiger charge is -2.03. The molecule has 0 spiro atoms. The number of nitrogens with one attached hydrogen (secondary N) is 1. The third-order valence-electron chi connectivity index (χ3n) is 3.20. The molecule has 3 aromatic rings. The molecule has 6 nitrogen and oxygen atoms in total. The van der Waals surface area contributed by atoms with Crippen LogP contribution >= 0.6 is 0 Å². The highest BCUT2D eigenvalue weighted by Crippen LogP contribution is 2.19. The van der Waals surface area contributed by atoms with E-state index < -0.39 is 0 Å². The fourth-order valence-corrected chi connectivity index (χ4v) is 2.26. The molecule has 0 saturated carbocycles. The van der Waals surface area contributed by atoms with Crippen LogP contribution in [0.25, 0.3) is 11.0 Å². The quantitative estimate of drug-likeness (QED) is 0.754. The second kappa shape index (κ2) is 4.81. The average Bonchev–Trinajstić information content (AvgIpc) is 2.97. The van der Waals surface area contributed by atoms with E-state index in [-0.39, 0.29) is 0 Å². The second-order valence-electron chi connectivity index (χ2n) is 4.49. The first kappa shape index (κ1) is 11.9. The monoisotopic (exact) mass is 256 g/mol. The van der Waals surface area contributed by atoms with E-state index in [4.69, 9.17) is 0 Å². The van der Waals surface area contributed by atoms with Gasteiger partial charge < -0.3 is 9.88 Å². The number of fused-ring (bicyclic) bond motifs is 1. The standard InChI is InChI=1S/C13H16N6/c1-14-6-10-7-19(8-12-16-9-17-18(12)2)13-11(10)4-3-5-15-13/h3-5,7,9,14H,6,8H2,1-2H3. The van der Waals surface area contributed by atoms with Crippen LogP contribution in [0.1, 0.15) is 11.4 Å². The molecule has 0 radical (unpaired) electrons. The SMILES string of the molecule is CNCc1cn(Cc2ncnn2C)c2ncccc12. The maximum Gasteiger partial charge on any atom is 0.146 e. The van der Waals surface area contributed by atoms with Gasteiger partial charge in [0.25, 0.3) is 0 Å². The van der Waals surface area contributed by atoms with Gasteiger partial charge in [0.1, 0.15) is 17.8 Å². The van der Waals surface area contributed by atoms with Gasteiger partial charge in [-0.1, -0.05) is 0 Å². The Labute approximate surface area is 111 Å². The van der Waals surface area contributed by atoms with Gasteiger partial charge in [0.05, 0.1) is 6.54 Å². The summed E-state index contributed by atoms with van der Waals surface area (Å²) in [6, 6.07) is 4.07. The molecule has 3 rings (SSSR count). The summed E-state index contributed by atoms with van der Waals surface area (Å²) in [6.07, 6.45) is 5.52. The van der Waals surface area contributed by atoms with Crippen molar-refractivity contribution < 1.29 is 0 Å². The van der Waals surface area contributed by atoms with Crippen LogP contribution < -0.4 is 5.32 Å². The Morgan fingerprint density at radius 1 is 1.32 bits per heavy atom. The van der Waals surface area contributed by atoms with E-state index in [0.29, 0.717) is 6.54 Å². The van der Waals surface area contributed by atoms with Crippen LogP contribution in [-0.2, 0) is 20.1 Å². The molecule has 0 unspecified atom stereocenters. The minimum absolute atomic E-state index is 0.674. The van der Waals surface area contributed by atoms with Gasteiger partial charge in [0.2, 0.25) is 0 Å². The first-order chi connectivity index (χ1) is 9.29. The third-order valence-corrected chi connectivity index (χ3v) is 3.20.